The van der Waals surface area contributed by atoms with Crippen LogP contribution in [-0.2, 0) is 9.59 Å². The number of hydrogen-bond donors (Lipinski definition) is 1. The van der Waals surface area contributed by atoms with Gasteiger partial charge < -0.3 is 14.6 Å². The van der Waals surface area contributed by atoms with Crippen LogP contribution in [0.15, 0.2) is 72.3 Å². The zero-order valence-electron chi connectivity index (χ0n) is 20.8. The molecule has 0 bridgehead atoms. The van der Waals surface area contributed by atoms with Gasteiger partial charge in [-0.05, 0) is 61.4 Å². The molecular weight excluding hydrogens is 507 g/mol. The molecule has 1 amide bonds. The summed E-state index contributed by atoms with van der Waals surface area (Å²) in [6, 6.07) is 16.6. The molecule has 3 aromatic carbocycles. The Bertz CT molecular complexity index is 1550. The van der Waals surface area contributed by atoms with Crippen molar-refractivity contribution >= 4 is 44.1 Å². The molecule has 1 unspecified atom stereocenters. The van der Waals surface area contributed by atoms with Crippen molar-refractivity contribution in [3.63, 3.8) is 0 Å². The maximum Gasteiger partial charge on any atom is 0.301 e. The number of benzene rings is 3. The molecular formula is C29H25FN2O5S. The van der Waals surface area contributed by atoms with Crippen LogP contribution in [0.25, 0.3) is 16.0 Å². The van der Waals surface area contributed by atoms with Crippen molar-refractivity contribution in [1.82, 2.24) is 4.98 Å². The molecule has 194 valence electrons. The summed E-state index contributed by atoms with van der Waals surface area (Å²) in [7, 11) is 0. The van der Waals surface area contributed by atoms with Crippen LogP contribution in [0.5, 0.6) is 11.5 Å². The van der Waals surface area contributed by atoms with Crippen LogP contribution < -0.4 is 14.4 Å². The van der Waals surface area contributed by atoms with E-state index in [2.05, 4.69) is 4.98 Å². The van der Waals surface area contributed by atoms with Crippen molar-refractivity contribution in [2.24, 2.45) is 0 Å². The fourth-order valence-electron chi connectivity index (χ4n) is 4.35. The number of carbonyl (C=O) groups is 2. The van der Waals surface area contributed by atoms with Gasteiger partial charge >= 0.3 is 5.91 Å². The minimum atomic E-state index is -1.01. The van der Waals surface area contributed by atoms with Gasteiger partial charge in [-0.2, -0.15) is 0 Å². The normalized spacial score (nSPS) is 16.8. The van der Waals surface area contributed by atoms with Crippen molar-refractivity contribution in [3.8, 4) is 11.5 Å². The lowest BCUT2D eigenvalue weighted by atomic mass is 9.95. The molecule has 1 N–H and O–H groups in total. The number of Topliss-reactive ketones (excluding diaryl/α,β-unsaturated/α-hetero) is 1. The second kappa shape index (κ2) is 10.6. The highest BCUT2D eigenvalue weighted by molar-refractivity contribution is 7.22. The highest BCUT2D eigenvalue weighted by Gasteiger charge is 2.48. The lowest BCUT2D eigenvalue weighted by Gasteiger charge is -2.23. The largest absolute Gasteiger partial charge is 0.507 e. The van der Waals surface area contributed by atoms with Crippen LogP contribution >= 0.6 is 11.3 Å². The molecule has 0 spiro atoms. The van der Waals surface area contributed by atoms with E-state index in [0.29, 0.717) is 41.4 Å². The van der Waals surface area contributed by atoms with Crippen molar-refractivity contribution in [2.45, 2.75) is 26.3 Å². The first-order valence-electron chi connectivity index (χ1n) is 12.2. The van der Waals surface area contributed by atoms with E-state index in [4.69, 9.17) is 9.47 Å². The van der Waals surface area contributed by atoms with Crippen LogP contribution in [0.4, 0.5) is 9.52 Å². The highest BCUT2D eigenvalue weighted by atomic mass is 32.1. The number of nitrogens with zero attached hydrogens (tertiary/aromatic N) is 2. The van der Waals surface area contributed by atoms with E-state index in [-0.39, 0.29) is 16.5 Å². The number of amides is 1. The van der Waals surface area contributed by atoms with E-state index in [0.717, 1.165) is 11.1 Å². The molecule has 1 fully saturated rings. The van der Waals surface area contributed by atoms with E-state index in [1.165, 1.54) is 40.5 Å². The van der Waals surface area contributed by atoms with Crippen molar-refractivity contribution in [1.29, 1.82) is 0 Å². The number of rotatable bonds is 8. The first-order valence-corrected chi connectivity index (χ1v) is 13.1. The first kappa shape index (κ1) is 25.4. The van der Waals surface area contributed by atoms with Gasteiger partial charge in [-0.25, -0.2) is 9.37 Å². The number of aliphatic hydroxyl groups is 1. The molecule has 1 aliphatic rings. The third kappa shape index (κ3) is 4.72. The fraction of sp³-hybridized carbons (Fsp3) is 0.207. The summed E-state index contributed by atoms with van der Waals surface area (Å²) in [5.74, 6) is -1.30. The van der Waals surface area contributed by atoms with Gasteiger partial charge in [-0.1, -0.05) is 42.5 Å². The second-order valence-corrected chi connectivity index (χ2v) is 9.67. The number of halogens is 1. The SMILES string of the molecule is CCCOc1cccc(/C(O)=C2\C(=O)C(=O)N(c3nc4ccc(OCC)cc4s3)C2c2ccc(F)cc2)c1. The minimum absolute atomic E-state index is 0.108. The van der Waals surface area contributed by atoms with E-state index in [1.807, 2.05) is 19.9 Å². The molecule has 9 heteroatoms. The van der Waals surface area contributed by atoms with Gasteiger partial charge in [0.05, 0.1) is 35.0 Å². The number of fused-ring (bicyclic) bond motifs is 1. The van der Waals surface area contributed by atoms with Crippen LogP contribution in [0.1, 0.15) is 37.4 Å². The van der Waals surface area contributed by atoms with Crippen LogP contribution in [0.2, 0.25) is 0 Å². The lowest BCUT2D eigenvalue weighted by Crippen LogP contribution is -2.29. The topological polar surface area (TPSA) is 89.0 Å². The van der Waals surface area contributed by atoms with Crippen molar-refractivity contribution in [2.75, 3.05) is 18.1 Å². The summed E-state index contributed by atoms with van der Waals surface area (Å²) in [4.78, 5) is 32.7. The quantitative estimate of drug-likeness (QED) is 0.164. The van der Waals surface area contributed by atoms with Crippen LogP contribution in [0.3, 0.4) is 0 Å². The Morgan fingerprint density at radius 1 is 1.03 bits per heavy atom. The molecule has 0 radical (unpaired) electrons. The van der Waals surface area contributed by atoms with Gasteiger partial charge in [0.25, 0.3) is 5.78 Å². The summed E-state index contributed by atoms with van der Waals surface area (Å²) < 4.78 is 25.8. The molecule has 38 heavy (non-hydrogen) atoms. The maximum absolute atomic E-state index is 13.8. The smallest absolute Gasteiger partial charge is 0.301 e. The summed E-state index contributed by atoms with van der Waals surface area (Å²) in [6.45, 7) is 4.86. The average Bonchev–Trinajstić information content (AvgIpc) is 3.45. The molecule has 0 aliphatic carbocycles. The monoisotopic (exact) mass is 532 g/mol. The number of ether oxygens (including phenoxy) is 2. The Kier molecular flexibility index (Phi) is 7.11. The molecule has 0 saturated carbocycles. The number of hydrogen-bond acceptors (Lipinski definition) is 7. The van der Waals surface area contributed by atoms with Gasteiger partial charge in [0.1, 0.15) is 23.1 Å². The zero-order chi connectivity index (χ0) is 26.8. The van der Waals surface area contributed by atoms with E-state index in [1.54, 1.807) is 36.4 Å². The third-order valence-electron chi connectivity index (χ3n) is 6.08. The summed E-state index contributed by atoms with van der Waals surface area (Å²) in [5.41, 5.74) is 1.31. The Labute approximate surface area is 222 Å². The molecule has 1 aromatic heterocycles. The molecule has 5 rings (SSSR count). The van der Waals surface area contributed by atoms with Crippen molar-refractivity contribution in [3.05, 3.63) is 89.2 Å². The summed E-state index contributed by atoms with van der Waals surface area (Å²) >= 11 is 1.23. The number of thiazole rings is 1. The van der Waals surface area contributed by atoms with Gasteiger partial charge in [0.15, 0.2) is 5.13 Å². The number of aromatic nitrogens is 1. The summed E-state index contributed by atoms with van der Waals surface area (Å²) in [5, 5.41) is 11.6. The van der Waals surface area contributed by atoms with Crippen molar-refractivity contribution < 1.29 is 28.6 Å². The van der Waals surface area contributed by atoms with E-state index < -0.39 is 23.5 Å². The van der Waals surface area contributed by atoms with Gasteiger partial charge in [-0.3, -0.25) is 14.5 Å². The van der Waals surface area contributed by atoms with Gasteiger partial charge in [-0.15, -0.1) is 0 Å². The molecule has 2 heterocycles. The number of aliphatic hydroxyl groups excluding tert-OH is 1. The molecule has 1 aliphatic heterocycles. The Balaban J connectivity index is 1.65. The zero-order valence-corrected chi connectivity index (χ0v) is 21.6. The Morgan fingerprint density at radius 3 is 2.53 bits per heavy atom. The lowest BCUT2D eigenvalue weighted by molar-refractivity contribution is -0.132. The first-order chi connectivity index (χ1) is 18.4. The predicted octanol–water partition coefficient (Wildman–Crippen LogP) is 6.25. The molecule has 4 aromatic rings. The number of carbonyl (C=O) groups excluding carboxylic acids is 2. The van der Waals surface area contributed by atoms with Crippen LogP contribution in [-0.4, -0.2) is 35.0 Å². The second-order valence-electron chi connectivity index (χ2n) is 8.66. The molecule has 1 saturated heterocycles. The van der Waals surface area contributed by atoms with Crippen LogP contribution in [0, 0.1) is 5.82 Å². The minimum Gasteiger partial charge on any atom is -0.507 e. The van der Waals surface area contributed by atoms with E-state index in [9.17, 15) is 19.1 Å². The highest BCUT2D eigenvalue weighted by Crippen LogP contribution is 2.44. The Hall–Kier alpha value is -4.24. The van der Waals surface area contributed by atoms with E-state index >= 15 is 0 Å². The standard InChI is InChI=1S/C29H25FN2O5S/c1-3-14-37-20-7-5-6-18(15-20)26(33)24-25(17-8-10-19(30)11-9-17)32(28(35)27(24)34)29-31-22-13-12-21(36-4-2)16-23(22)38-29/h5-13,15-16,25,33H,3-4,14H2,1-2H3/b26-24+. The Morgan fingerprint density at radius 2 is 1.79 bits per heavy atom. The van der Waals surface area contributed by atoms with Gasteiger partial charge in [0.2, 0.25) is 0 Å². The molecule has 1 atom stereocenters. The molecule has 7 nitrogen and oxygen atoms in total. The van der Waals surface area contributed by atoms with Gasteiger partial charge in [0, 0.05) is 5.56 Å². The summed E-state index contributed by atoms with van der Waals surface area (Å²) in [6.07, 6.45) is 0.806. The maximum atomic E-state index is 13.8. The fourth-order valence-corrected chi connectivity index (χ4v) is 5.37. The third-order valence-corrected chi connectivity index (χ3v) is 7.09. The predicted molar refractivity (Wildman–Crippen MR) is 144 cm³/mol. The number of ketones is 1. The number of anilines is 1. The average molecular weight is 533 g/mol.